The summed E-state index contributed by atoms with van der Waals surface area (Å²) in [7, 11) is 3.97. The van der Waals surface area contributed by atoms with Crippen LogP contribution in [0.5, 0.6) is 0 Å². The van der Waals surface area contributed by atoms with Gasteiger partial charge in [0.1, 0.15) is 0 Å². The summed E-state index contributed by atoms with van der Waals surface area (Å²) in [4.78, 5) is 18.7. The maximum absolute atomic E-state index is 12.2. The summed E-state index contributed by atoms with van der Waals surface area (Å²) in [5.74, 6) is -0.0384. The third kappa shape index (κ3) is 3.92. The molecule has 1 amide bonds. The predicted octanol–water partition coefficient (Wildman–Crippen LogP) is 2.26. The number of likely N-dealkylation sites (N-methyl/N-ethyl adjacent to an activating group) is 1. The van der Waals surface area contributed by atoms with Crippen molar-refractivity contribution in [2.24, 2.45) is 0 Å². The van der Waals surface area contributed by atoms with E-state index >= 15 is 0 Å². The van der Waals surface area contributed by atoms with Gasteiger partial charge >= 0.3 is 0 Å². The Hall–Kier alpha value is -1.65. The first kappa shape index (κ1) is 16.4. The number of para-hydroxylation sites is 1. The Morgan fingerprint density at radius 1 is 1.30 bits per heavy atom. The van der Waals surface area contributed by atoms with Crippen molar-refractivity contribution in [1.82, 2.24) is 15.2 Å². The summed E-state index contributed by atoms with van der Waals surface area (Å²) < 4.78 is 0. The van der Waals surface area contributed by atoms with Gasteiger partial charge in [-0.05, 0) is 33.2 Å². The number of nitrogens with zero attached hydrogens (tertiary/aromatic N) is 2. The SMILES string of the molecule is Cc1cc(C(=O)NCCN(C)C)c2ccccc2n1.Cl. The minimum Gasteiger partial charge on any atom is -0.351 e. The zero-order valence-corrected chi connectivity index (χ0v) is 12.8. The van der Waals surface area contributed by atoms with E-state index in [4.69, 9.17) is 0 Å². The summed E-state index contributed by atoms with van der Waals surface area (Å²) in [6.07, 6.45) is 0. The van der Waals surface area contributed by atoms with Crippen LogP contribution < -0.4 is 5.32 Å². The van der Waals surface area contributed by atoms with E-state index in [2.05, 4.69) is 10.3 Å². The van der Waals surface area contributed by atoms with Gasteiger partial charge in [0.25, 0.3) is 5.91 Å². The molecule has 1 aromatic carbocycles. The average molecular weight is 294 g/mol. The summed E-state index contributed by atoms with van der Waals surface area (Å²) in [6, 6.07) is 9.56. The van der Waals surface area contributed by atoms with Gasteiger partial charge in [-0.1, -0.05) is 18.2 Å². The lowest BCUT2D eigenvalue weighted by molar-refractivity contribution is 0.0952. The number of fused-ring (bicyclic) bond motifs is 1. The van der Waals surface area contributed by atoms with E-state index in [0.717, 1.165) is 23.1 Å². The number of nitrogens with one attached hydrogen (secondary N) is 1. The third-order valence-electron chi connectivity index (χ3n) is 2.93. The molecule has 0 saturated carbocycles. The largest absolute Gasteiger partial charge is 0.351 e. The van der Waals surface area contributed by atoms with Crippen LogP contribution in [0, 0.1) is 6.92 Å². The van der Waals surface area contributed by atoms with E-state index < -0.39 is 0 Å². The minimum atomic E-state index is -0.0384. The molecular weight excluding hydrogens is 274 g/mol. The van der Waals surface area contributed by atoms with Gasteiger partial charge in [0.2, 0.25) is 0 Å². The maximum atomic E-state index is 12.2. The zero-order valence-electron chi connectivity index (χ0n) is 12.0. The molecule has 0 unspecified atom stereocenters. The van der Waals surface area contributed by atoms with E-state index in [-0.39, 0.29) is 18.3 Å². The molecule has 0 aliphatic heterocycles. The Balaban J connectivity index is 0.00000200. The molecule has 1 heterocycles. The number of rotatable bonds is 4. The summed E-state index contributed by atoms with van der Waals surface area (Å²) in [5, 5.41) is 3.84. The average Bonchev–Trinajstić information content (AvgIpc) is 2.37. The van der Waals surface area contributed by atoms with Crippen LogP contribution >= 0.6 is 12.4 Å². The molecule has 0 radical (unpaired) electrons. The van der Waals surface area contributed by atoms with E-state index in [9.17, 15) is 4.79 Å². The molecular formula is C15H20ClN3O. The van der Waals surface area contributed by atoms with Gasteiger partial charge in [-0.15, -0.1) is 12.4 Å². The second kappa shape index (κ2) is 7.22. The number of hydrogen-bond donors (Lipinski definition) is 1. The molecule has 2 rings (SSSR count). The van der Waals surface area contributed by atoms with Gasteiger partial charge in [-0.2, -0.15) is 0 Å². The van der Waals surface area contributed by atoms with Crippen molar-refractivity contribution in [3.05, 3.63) is 41.6 Å². The molecule has 0 spiro atoms. The van der Waals surface area contributed by atoms with Gasteiger partial charge in [0.15, 0.2) is 0 Å². The molecule has 1 aromatic heterocycles. The van der Waals surface area contributed by atoms with Gasteiger partial charge < -0.3 is 10.2 Å². The molecule has 4 nitrogen and oxygen atoms in total. The van der Waals surface area contributed by atoms with Crippen molar-refractivity contribution in [2.45, 2.75) is 6.92 Å². The van der Waals surface area contributed by atoms with Crippen LogP contribution in [0.4, 0.5) is 0 Å². The highest BCUT2D eigenvalue weighted by Gasteiger charge is 2.11. The van der Waals surface area contributed by atoms with E-state index in [0.29, 0.717) is 12.1 Å². The lowest BCUT2D eigenvalue weighted by Crippen LogP contribution is -2.31. The lowest BCUT2D eigenvalue weighted by Gasteiger charge is -2.12. The number of benzene rings is 1. The number of amides is 1. The second-order valence-electron chi connectivity index (χ2n) is 4.89. The van der Waals surface area contributed by atoms with Crippen LogP contribution in [0.15, 0.2) is 30.3 Å². The monoisotopic (exact) mass is 293 g/mol. The Labute approximate surface area is 125 Å². The summed E-state index contributed by atoms with van der Waals surface area (Å²) in [5.41, 5.74) is 2.42. The Morgan fingerprint density at radius 3 is 2.70 bits per heavy atom. The number of carbonyl (C=O) groups excluding carboxylic acids is 1. The first-order chi connectivity index (χ1) is 9.08. The highest BCUT2D eigenvalue weighted by atomic mass is 35.5. The van der Waals surface area contributed by atoms with Crippen LogP contribution in [0.1, 0.15) is 16.1 Å². The highest BCUT2D eigenvalue weighted by Crippen LogP contribution is 2.17. The summed E-state index contributed by atoms with van der Waals surface area (Å²) in [6.45, 7) is 3.37. The fourth-order valence-corrected chi connectivity index (χ4v) is 1.98. The van der Waals surface area contributed by atoms with Crippen molar-refractivity contribution in [2.75, 3.05) is 27.2 Å². The Kier molecular flexibility index (Phi) is 5.92. The number of halogens is 1. The van der Waals surface area contributed by atoms with Crippen LogP contribution in [0.2, 0.25) is 0 Å². The summed E-state index contributed by atoms with van der Waals surface area (Å²) >= 11 is 0. The topological polar surface area (TPSA) is 45.2 Å². The minimum absolute atomic E-state index is 0. The van der Waals surface area contributed by atoms with Crippen LogP contribution in [0.25, 0.3) is 10.9 Å². The Morgan fingerprint density at radius 2 is 2.00 bits per heavy atom. The van der Waals surface area contributed by atoms with Gasteiger partial charge in [-0.3, -0.25) is 9.78 Å². The predicted molar refractivity (Wildman–Crippen MR) is 84.6 cm³/mol. The number of carbonyl (C=O) groups is 1. The standard InChI is InChI=1S/C15H19N3O.ClH/c1-11-10-13(15(19)16-8-9-18(2)3)12-6-4-5-7-14(12)17-11;/h4-7,10H,8-9H2,1-3H3,(H,16,19);1H. The smallest absolute Gasteiger partial charge is 0.252 e. The fourth-order valence-electron chi connectivity index (χ4n) is 1.98. The van der Waals surface area contributed by atoms with Crippen molar-refractivity contribution >= 4 is 29.2 Å². The third-order valence-corrected chi connectivity index (χ3v) is 2.93. The zero-order chi connectivity index (χ0) is 13.8. The molecule has 20 heavy (non-hydrogen) atoms. The molecule has 0 saturated heterocycles. The second-order valence-corrected chi connectivity index (χ2v) is 4.89. The maximum Gasteiger partial charge on any atom is 0.252 e. The van der Waals surface area contributed by atoms with Crippen molar-refractivity contribution in [1.29, 1.82) is 0 Å². The van der Waals surface area contributed by atoms with Gasteiger partial charge in [0.05, 0.1) is 11.1 Å². The van der Waals surface area contributed by atoms with Crippen LogP contribution in [-0.4, -0.2) is 43.0 Å². The molecule has 5 heteroatoms. The highest BCUT2D eigenvalue weighted by molar-refractivity contribution is 6.06. The molecule has 2 aromatic rings. The van der Waals surface area contributed by atoms with E-state index in [1.807, 2.05) is 56.3 Å². The quantitative estimate of drug-likeness (QED) is 0.940. The first-order valence-corrected chi connectivity index (χ1v) is 6.37. The van der Waals surface area contributed by atoms with Gasteiger partial charge in [0, 0.05) is 24.2 Å². The van der Waals surface area contributed by atoms with Crippen LogP contribution in [0.3, 0.4) is 0 Å². The molecule has 0 fully saturated rings. The van der Waals surface area contributed by atoms with Crippen molar-refractivity contribution < 1.29 is 4.79 Å². The fraction of sp³-hybridized carbons (Fsp3) is 0.333. The lowest BCUT2D eigenvalue weighted by atomic mass is 10.1. The molecule has 0 atom stereocenters. The number of hydrogen-bond acceptors (Lipinski definition) is 3. The first-order valence-electron chi connectivity index (χ1n) is 6.37. The molecule has 0 bridgehead atoms. The molecule has 0 aliphatic carbocycles. The van der Waals surface area contributed by atoms with E-state index in [1.165, 1.54) is 0 Å². The van der Waals surface area contributed by atoms with Crippen molar-refractivity contribution in [3.8, 4) is 0 Å². The molecule has 1 N–H and O–H groups in total. The molecule has 108 valence electrons. The number of pyridine rings is 1. The van der Waals surface area contributed by atoms with Gasteiger partial charge in [-0.25, -0.2) is 0 Å². The Bertz CT molecular complexity index is 599. The molecule has 0 aliphatic rings. The normalized spacial score (nSPS) is 10.4. The number of aromatic nitrogens is 1. The van der Waals surface area contributed by atoms with Crippen LogP contribution in [-0.2, 0) is 0 Å². The van der Waals surface area contributed by atoms with Crippen molar-refractivity contribution in [3.63, 3.8) is 0 Å². The number of aryl methyl sites for hydroxylation is 1. The van der Waals surface area contributed by atoms with E-state index in [1.54, 1.807) is 0 Å².